The summed E-state index contributed by atoms with van der Waals surface area (Å²) in [6, 6.07) is 0. The van der Waals surface area contributed by atoms with Crippen LogP contribution in [0.3, 0.4) is 0 Å². The second-order valence-corrected chi connectivity index (χ2v) is 5.23. The Morgan fingerprint density at radius 3 is 2.17 bits per heavy atom. The molecule has 0 rings (SSSR count). The molecule has 0 saturated heterocycles. The van der Waals surface area contributed by atoms with E-state index in [1.165, 1.54) is 38.5 Å². The first-order valence-corrected chi connectivity index (χ1v) is 7.72. The van der Waals surface area contributed by atoms with Crippen molar-refractivity contribution in [3.63, 3.8) is 0 Å². The maximum atomic E-state index is 12.1. The second kappa shape index (κ2) is 12.7. The third kappa shape index (κ3) is 9.28. The van der Waals surface area contributed by atoms with Gasteiger partial charge in [-0.25, -0.2) is 0 Å². The van der Waals surface area contributed by atoms with Crippen molar-refractivity contribution < 1.29 is 4.79 Å². The van der Waals surface area contributed by atoms with Crippen LogP contribution in [0.4, 0.5) is 0 Å². The molecule has 0 radical (unpaired) electrons. The van der Waals surface area contributed by atoms with E-state index in [0.29, 0.717) is 12.2 Å². The van der Waals surface area contributed by atoms with E-state index in [1.54, 1.807) is 0 Å². The van der Waals surface area contributed by atoms with Crippen LogP contribution >= 0.6 is 0 Å². The Morgan fingerprint density at radius 2 is 1.61 bits per heavy atom. The first kappa shape index (κ1) is 17.2. The third-order valence-corrected chi connectivity index (χ3v) is 3.50. The Kier molecular flexibility index (Phi) is 12.1. The van der Waals surface area contributed by atoms with Gasteiger partial charge in [-0.05, 0) is 12.8 Å². The van der Waals surface area contributed by atoms with Gasteiger partial charge in [0.15, 0.2) is 0 Å². The van der Waals surface area contributed by atoms with Crippen molar-refractivity contribution in [2.45, 2.75) is 84.5 Å². The van der Waals surface area contributed by atoms with Crippen molar-refractivity contribution in [3.05, 3.63) is 0 Å². The van der Waals surface area contributed by atoms with Gasteiger partial charge < -0.3 is 0 Å². The van der Waals surface area contributed by atoms with Crippen LogP contribution < -0.4 is 0 Å². The number of Topliss-reactive ketones (excluding diaryl/α,β-unsaturated/α-hetero) is 1. The highest BCUT2D eigenvalue weighted by Gasteiger charge is 2.16. The molecule has 18 heavy (non-hydrogen) atoms. The molecule has 0 amide bonds. The zero-order valence-electron chi connectivity index (χ0n) is 12.3. The van der Waals surface area contributed by atoms with Gasteiger partial charge in [-0.15, -0.1) is 12.3 Å². The smallest absolute Gasteiger partial charge is 0.136 e. The fourth-order valence-electron chi connectivity index (χ4n) is 2.27. The summed E-state index contributed by atoms with van der Waals surface area (Å²) in [7, 11) is 0. The lowest BCUT2D eigenvalue weighted by Gasteiger charge is -2.12. The lowest BCUT2D eigenvalue weighted by atomic mass is 9.91. The van der Waals surface area contributed by atoms with E-state index in [0.717, 1.165) is 25.7 Å². The SMILES string of the molecule is C#CCC(CCCCCC)C(=O)CCCCCC. The van der Waals surface area contributed by atoms with Gasteiger partial charge in [-0.3, -0.25) is 4.79 Å². The van der Waals surface area contributed by atoms with Gasteiger partial charge in [-0.2, -0.15) is 0 Å². The van der Waals surface area contributed by atoms with Crippen molar-refractivity contribution in [1.82, 2.24) is 0 Å². The Balaban J connectivity index is 3.84. The lowest BCUT2D eigenvalue weighted by molar-refractivity contribution is -0.123. The van der Waals surface area contributed by atoms with E-state index in [2.05, 4.69) is 19.8 Å². The van der Waals surface area contributed by atoms with Gasteiger partial charge in [0.25, 0.3) is 0 Å². The minimum Gasteiger partial charge on any atom is -0.299 e. The fourth-order valence-corrected chi connectivity index (χ4v) is 2.27. The molecule has 0 fully saturated rings. The Labute approximate surface area is 114 Å². The Hall–Kier alpha value is -0.770. The number of carbonyl (C=O) groups excluding carboxylic acids is 1. The summed E-state index contributed by atoms with van der Waals surface area (Å²) in [6.07, 6.45) is 17.3. The number of hydrogen-bond donors (Lipinski definition) is 0. The molecule has 0 spiro atoms. The summed E-state index contributed by atoms with van der Waals surface area (Å²) in [5.74, 6) is 3.21. The molecule has 0 aromatic rings. The number of rotatable bonds is 12. The van der Waals surface area contributed by atoms with Gasteiger partial charge in [0, 0.05) is 18.8 Å². The molecular formula is C17H30O. The predicted molar refractivity (Wildman–Crippen MR) is 79.5 cm³/mol. The molecule has 0 saturated carbocycles. The second-order valence-electron chi connectivity index (χ2n) is 5.23. The zero-order valence-corrected chi connectivity index (χ0v) is 12.3. The minimum atomic E-state index is 0.133. The molecule has 0 bridgehead atoms. The fraction of sp³-hybridized carbons (Fsp3) is 0.824. The first-order chi connectivity index (χ1) is 8.76. The van der Waals surface area contributed by atoms with Crippen molar-refractivity contribution >= 4 is 5.78 Å². The summed E-state index contributed by atoms with van der Waals surface area (Å²) < 4.78 is 0. The van der Waals surface area contributed by atoms with Crippen molar-refractivity contribution in [3.8, 4) is 12.3 Å². The van der Waals surface area contributed by atoms with E-state index >= 15 is 0 Å². The Morgan fingerprint density at radius 1 is 1.00 bits per heavy atom. The molecule has 0 aliphatic heterocycles. The van der Waals surface area contributed by atoms with Gasteiger partial charge >= 0.3 is 0 Å². The topological polar surface area (TPSA) is 17.1 Å². The minimum absolute atomic E-state index is 0.133. The normalized spacial score (nSPS) is 12.1. The number of ketones is 1. The van der Waals surface area contributed by atoms with Crippen LogP contribution in [-0.2, 0) is 4.79 Å². The third-order valence-electron chi connectivity index (χ3n) is 3.50. The summed E-state index contributed by atoms with van der Waals surface area (Å²) in [4.78, 5) is 12.1. The van der Waals surface area contributed by atoms with Crippen LogP contribution in [0, 0.1) is 18.3 Å². The van der Waals surface area contributed by atoms with Crippen molar-refractivity contribution in [2.75, 3.05) is 0 Å². The van der Waals surface area contributed by atoms with E-state index in [9.17, 15) is 4.79 Å². The van der Waals surface area contributed by atoms with Crippen LogP contribution in [-0.4, -0.2) is 5.78 Å². The standard InChI is InChI=1S/C17H30O/c1-4-7-9-11-14-16(13-6-3)17(18)15-12-10-8-5-2/h3,16H,4-5,7-15H2,1-2H3. The quantitative estimate of drug-likeness (QED) is 0.346. The Bertz CT molecular complexity index is 236. The van der Waals surface area contributed by atoms with Crippen molar-refractivity contribution in [2.24, 2.45) is 5.92 Å². The van der Waals surface area contributed by atoms with E-state index in [4.69, 9.17) is 6.42 Å². The highest BCUT2D eigenvalue weighted by molar-refractivity contribution is 5.81. The monoisotopic (exact) mass is 250 g/mol. The summed E-state index contributed by atoms with van der Waals surface area (Å²) in [5, 5.41) is 0. The van der Waals surface area contributed by atoms with Crippen LogP contribution in [0.2, 0.25) is 0 Å². The number of carbonyl (C=O) groups is 1. The molecule has 1 heteroatoms. The largest absolute Gasteiger partial charge is 0.299 e. The highest BCUT2D eigenvalue weighted by Crippen LogP contribution is 2.18. The van der Waals surface area contributed by atoms with Crippen LogP contribution in [0.25, 0.3) is 0 Å². The van der Waals surface area contributed by atoms with Crippen LogP contribution in [0.15, 0.2) is 0 Å². The summed E-state index contributed by atoms with van der Waals surface area (Å²) in [5.41, 5.74) is 0. The number of unbranched alkanes of at least 4 members (excludes halogenated alkanes) is 6. The van der Waals surface area contributed by atoms with Gasteiger partial charge in [0.2, 0.25) is 0 Å². The molecular weight excluding hydrogens is 220 g/mol. The van der Waals surface area contributed by atoms with Gasteiger partial charge in [0.05, 0.1) is 0 Å². The molecule has 0 heterocycles. The maximum Gasteiger partial charge on any atom is 0.136 e. The molecule has 0 aliphatic carbocycles. The molecule has 0 N–H and O–H groups in total. The van der Waals surface area contributed by atoms with E-state index < -0.39 is 0 Å². The van der Waals surface area contributed by atoms with Crippen molar-refractivity contribution in [1.29, 1.82) is 0 Å². The molecule has 1 nitrogen and oxygen atoms in total. The summed E-state index contributed by atoms with van der Waals surface area (Å²) >= 11 is 0. The average Bonchev–Trinajstić information content (AvgIpc) is 2.38. The first-order valence-electron chi connectivity index (χ1n) is 7.72. The molecule has 0 aliphatic rings. The summed E-state index contributed by atoms with van der Waals surface area (Å²) in [6.45, 7) is 4.40. The molecule has 0 aromatic heterocycles. The van der Waals surface area contributed by atoms with E-state index in [1.807, 2.05) is 0 Å². The number of hydrogen-bond acceptors (Lipinski definition) is 1. The predicted octanol–water partition coefficient (Wildman–Crippen LogP) is 5.14. The van der Waals surface area contributed by atoms with Gasteiger partial charge in [0.1, 0.15) is 5.78 Å². The average molecular weight is 250 g/mol. The zero-order chi connectivity index (χ0) is 13.6. The molecule has 104 valence electrons. The van der Waals surface area contributed by atoms with Crippen LogP contribution in [0.5, 0.6) is 0 Å². The maximum absolute atomic E-state index is 12.1. The highest BCUT2D eigenvalue weighted by atomic mass is 16.1. The molecule has 1 unspecified atom stereocenters. The van der Waals surface area contributed by atoms with E-state index in [-0.39, 0.29) is 5.92 Å². The molecule has 1 atom stereocenters. The van der Waals surface area contributed by atoms with Gasteiger partial charge in [-0.1, -0.05) is 58.8 Å². The lowest BCUT2D eigenvalue weighted by Crippen LogP contribution is -2.14. The number of terminal acetylenes is 1. The van der Waals surface area contributed by atoms with Crippen LogP contribution in [0.1, 0.15) is 84.5 Å². The molecule has 0 aromatic carbocycles.